The van der Waals surface area contributed by atoms with Crippen LogP contribution in [0.5, 0.6) is 5.75 Å². The van der Waals surface area contributed by atoms with Crippen molar-refractivity contribution in [3.8, 4) is 5.75 Å². The second-order valence-electron chi connectivity index (χ2n) is 5.25. The van der Waals surface area contributed by atoms with Crippen molar-refractivity contribution in [2.75, 3.05) is 33.4 Å². The van der Waals surface area contributed by atoms with Crippen LogP contribution in [0.25, 0.3) is 16.8 Å². The summed E-state index contributed by atoms with van der Waals surface area (Å²) in [5.41, 5.74) is 0.843. The molecule has 0 radical (unpaired) electrons. The molecule has 7 heteroatoms. The summed E-state index contributed by atoms with van der Waals surface area (Å²) in [6.07, 6.45) is 3.07. The van der Waals surface area contributed by atoms with Crippen LogP contribution in [-0.2, 0) is 9.57 Å². The van der Waals surface area contributed by atoms with Crippen LogP contribution < -0.4 is 4.74 Å². The van der Waals surface area contributed by atoms with E-state index in [2.05, 4.69) is 5.28 Å². The molecular weight excluding hydrogens is 310 g/mol. The van der Waals surface area contributed by atoms with Crippen molar-refractivity contribution in [2.24, 2.45) is 5.28 Å². The number of methoxy groups -OCH3 is 1. The molecule has 0 aromatic heterocycles. The smallest absolute Gasteiger partial charge is 0.238 e. The summed E-state index contributed by atoms with van der Waals surface area (Å²) >= 11 is 0. The normalized spacial score (nSPS) is 15.9. The average Bonchev–Trinajstić information content (AvgIpc) is 2.65. The Balaban J connectivity index is 1.70. The molecule has 126 valence electrons. The van der Waals surface area contributed by atoms with Gasteiger partial charge in [0.25, 0.3) is 0 Å². The lowest BCUT2D eigenvalue weighted by Crippen LogP contribution is -2.40. The van der Waals surface area contributed by atoms with Crippen molar-refractivity contribution >= 4 is 16.8 Å². The number of benzene rings is 2. The molecule has 0 spiro atoms. The molecular formula is C17H19N3O4. The lowest BCUT2D eigenvalue weighted by Gasteiger charge is -2.21. The average molecular weight is 329 g/mol. The standard InChI is InChI=1S/C17H19N3O4/c1-22-17-13-15-5-3-2-4-14(15)12-16(17)6-9-24-18-20(21)19-7-10-23-11-8-19/h2-6,9,12-13H,7-8,10-11H2,1H3/b9-6+,20-18-. The van der Waals surface area contributed by atoms with Crippen molar-refractivity contribution in [3.05, 3.63) is 53.4 Å². The number of nitrogens with zero attached hydrogens (tertiary/aromatic N) is 3. The molecule has 0 bridgehead atoms. The summed E-state index contributed by atoms with van der Waals surface area (Å²) in [4.78, 5) is 5.43. The fourth-order valence-corrected chi connectivity index (χ4v) is 2.49. The highest BCUT2D eigenvalue weighted by Crippen LogP contribution is 2.26. The molecule has 0 atom stereocenters. The third-order valence-electron chi connectivity index (χ3n) is 3.75. The number of fused-ring (bicyclic) bond motifs is 1. The Morgan fingerprint density at radius 1 is 1.21 bits per heavy atom. The molecule has 1 aliphatic rings. The van der Waals surface area contributed by atoms with Gasteiger partial charge in [0.1, 0.15) is 25.1 Å². The predicted molar refractivity (Wildman–Crippen MR) is 89.1 cm³/mol. The number of morpholine rings is 1. The van der Waals surface area contributed by atoms with E-state index in [1.165, 1.54) is 11.3 Å². The summed E-state index contributed by atoms with van der Waals surface area (Å²) in [5, 5.41) is 18.9. The molecule has 2 aromatic rings. The number of hydrogen-bond donors (Lipinski definition) is 0. The summed E-state index contributed by atoms with van der Waals surface area (Å²) in [6.45, 7) is 2.02. The highest BCUT2D eigenvalue weighted by atomic mass is 16.7. The van der Waals surface area contributed by atoms with E-state index in [-0.39, 0.29) is 0 Å². The van der Waals surface area contributed by atoms with Crippen LogP contribution >= 0.6 is 0 Å². The van der Waals surface area contributed by atoms with Gasteiger partial charge in [0.15, 0.2) is 0 Å². The third-order valence-corrected chi connectivity index (χ3v) is 3.75. The molecule has 24 heavy (non-hydrogen) atoms. The second kappa shape index (κ2) is 7.65. The number of ether oxygens (including phenoxy) is 2. The molecule has 1 saturated heterocycles. The highest BCUT2D eigenvalue weighted by molar-refractivity contribution is 5.87. The van der Waals surface area contributed by atoms with E-state index in [1.807, 2.05) is 36.4 Å². The summed E-state index contributed by atoms with van der Waals surface area (Å²) < 4.78 is 10.6. The predicted octanol–water partition coefficient (Wildman–Crippen LogP) is 2.96. The van der Waals surface area contributed by atoms with Crippen molar-refractivity contribution in [1.82, 2.24) is 5.01 Å². The Kier molecular flexibility index (Phi) is 5.12. The van der Waals surface area contributed by atoms with Gasteiger partial charge in [-0.15, -0.1) is 5.01 Å². The first-order chi connectivity index (χ1) is 11.8. The largest absolute Gasteiger partial charge is 0.569 e. The fourth-order valence-electron chi connectivity index (χ4n) is 2.49. The van der Waals surface area contributed by atoms with Gasteiger partial charge in [-0.1, -0.05) is 24.3 Å². The molecule has 0 N–H and O–H groups in total. The van der Waals surface area contributed by atoms with E-state index in [4.69, 9.17) is 14.3 Å². The molecule has 3 rings (SSSR count). The maximum absolute atomic E-state index is 11.7. The van der Waals surface area contributed by atoms with Crippen molar-refractivity contribution in [1.29, 1.82) is 0 Å². The highest BCUT2D eigenvalue weighted by Gasteiger charge is 2.16. The minimum Gasteiger partial charge on any atom is -0.569 e. The first-order valence-corrected chi connectivity index (χ1v) is 7.68. The molecule has 0 unspecified atom stereocenters. The minimum atomic E-state index is 0.449. The topological polar surface area (TPSA) is 69.4 Å². The lowest BCUT2D eigenvalue weighted by atomic mass is 10.1. The summed E-state index contributed by atoms with van der Waals surface area (Å²) in [5.74, 6) is 0.723. The molecule has 2 aromatic carbocycles. The van der Waals surface area contributed by atoms with E-state index >= 15 is 0 Å². The molecule has 0 saturated carbocycles. The molecule has 1 fully saturated rings. The molecule has 7 nitrogen and oxygen atoms in total. The zero-order valence-corrected chi connectivity index (χ0v) is 13.4. The van der Waals surface area contributed by atoms with Gasteiger partial charge in [-0.3, -0.25) is 0 Å². The Bertz CT molecular complexity index is 755. The quantitative estimate of drug-likeness (QED) is 0.365. The summed E-state index contributed by atoms with van der Waals surface area (Å²) in [6, 6.07) is 12.0. The number of hydrazine groups is 1. The first kappa shape index (κ1) is 16.1. The van der Waals surface area contributed by atoms with Crippen LogP contribution in [0.15, 0.2) is 47.9 Å². The van der Waals surface area contributed by atoms with Crippen LogP contribution in [-0.4, -0.2) is 43.4 Å². The van der Waals surface area contributed by atoms with Gasteiger partial charge in [0, 0.05) is 5.56 Å². The lowest BCUT2D eigenvalue weighted by molar-refractivity contribution is -0.712. The second-order valence-corrected chi connectivity index (χ2v) is 5.25. The fraction of sp³-hybridized carbons (Fsp3) is 0.294. The van der Waals surface area contributed by atoms with E-state index in [0.717, 1.165) is 22.1 Å². The van der Waals surface area contributed by atoms with E-state index in [0.29, 0.717) is 31.3 Å². The van der Waals surface area contributed by atoms with Crippen molar-refractivity contribution in [3.63, 3.8) is 0 Å². The Morgan fingerprint density at radius 2 is 1.92 bits per heavy atom. The van der Waals surface area contributed by atoms with E-state index in [9.17, 15) is 5.21 Å². The van der Waals surface area contributed by atoms with Gasteiger partial charge in [-0.05, 0) is 29.0 Å². The maximum atomic E-state index is 11.7. The van der Waals surface area contributed by atoms with Gasteiger partial charge in [-0.25, -0.2) is 0 Å². The Morgan fingerprint density at radius 3 is 2.62 bits per heavy atom. The number of hydrogen-bond acceptors (Lipinski definition) is 5. The first-order valence-electron chi connectivity index (χ1n) is 7.68. The van der Waals surface area contributed by atoms with Gasteiger partial charge in [-0.2, -0.15) is 0 Å². The maximum Gasteiger partial charge on any atom is 0.238 e. The van der Waals surface area contributed by atoms with Gasteiger partial charge in [0.05, 0.1) is 25.3 Å². The van der Waals surface area contributed by atoms with Gasteiger partial charge in [0.2, 0.25) is 5.28 Å². The van der Waals surface area contributed by atoms with E-state index in [1.54, 1.807) is 13.2 Å². The third kappa shape index (κ3) is 3.75. The van der Waals surface area contributed by atoms with Crippen LogP contribution in [0.3, 0.4) is 0 Å². The van der Waals surface area contributed by atoms with Crippen LogP contribution in [0, 0.1) is 5.21 Å². The molecule has 0 amide bonds. The summed E-state index contributed by atoms with van der Waals surface area (Å²) in [7, 11) is 1.62. The monoisotopic (exact) mass is 329 g/mol. The van der Waals surface area contributed by atoms with Gasteiger partial charge < -0.3 is 19.5 Å². The Labute approximate surface area is 139 Å². The van der Waals surface area contributed by atoms with Crippen molar-refractivity contribution in [2.45, 2.75) is 0 Å². The Hall–Kier alpha value is -2.80. The van der Waals surface area contributed by atoms with Crippen LogP contribution in [0.1, 0.15) is 5.56 Å². The zero-order chi connectivity index (χ0) is 16.8. The van der Waals surface area contributed by atoms with Gasteiger partial charge >= 0.3 is 0 Å². The molecule has 1 heterocycles. The van der Waals surface area contributed by atoms with Crippen LogP contribution in [0.4, 0.5) is 0 Å². The minimum absolute atomic E-state index is 0.449. The van der Waals surface area contributed by atoms with E-state index < -0.39 is 0 Å². The molecule has 0 aliphatic carbocycles. The van der Waals surface area contributed by atoms with Crippen LogP contribution in [0.2, 0.25) is 0 Å². The zero-order valence-electron chi connectivity index (χ0n) is 13.4. The molecule has 1 aliphatic heterocycles. The van der Waals surface area contributed by atoms with Crippen molar-refractivity contribution < 1.29 is 19.3 Å². The SMILES string of the molecule is COc1cc2ccccc2cc1/C=C/O/N=[N+](\[O-])N1CCOCC1. The number of rotatable bonds is 5.